The first-order valence-electron chi connectivity index (χ1n) is 9.50. The zero-order chi connectivity index (χ0) is 21.9. The number of ether oxygens (including phenoxy) is 1. The van der Waals surface area contributed by atoms with Gasteiger partial charge in [-0.25, -0.2) is 0 Å². The molecule has 3 N–H and O–H groups in total. The lowest BCUT2D eigenvalue weighted by molar-refractivity contribution is -0.140. The summed E-state index contributed by atoms with van der Waals surface area (Å²) in [4.78, 5) is 48.8. The maximum absolute atomic E-state index is 12.7. The maximum atomic E-state index is 12.7. The smallest absolute Gasteiger partial charge is 0.242 e. The standard InChI is InChI=1S/C19H36N4O5/c1-8-13(2)17(14(28-7)9-15(25)20-5)23(6)16(26)10-22-18(27)19(3,4)11-21-12-24/h12-14,17H,8-11H2,1-7H3,(H,20,25)(H,21,24)(H,22,27). The van der Waals surface area contributed by atoms with E-state index in [4.69, 9.17) is 4.74 Å². The Bertz CT molecular complexity index is 538. The molecule has 0 heterocycles. The fraction of sp³-hybridized carbons (Fsp3) is 0.789. The summed E-state index contributed by atoms with van der Waals surface area (Å²) in [6.07, 6.45) is 0.998. The van der Waals surface area contributed by atoms with Crippen LogP contribution in [-0.4, -0.2) is 75.5 Å². The van der Waals surface area contributed by atoms with Crippen LogP contribution >= 0.6 is 0 Å². The van der Waals surface area contributed by atoms with Gasteiger partial charge in [0.1, 0.15) is 0 Å². The summed E-state index contributed by atoms with van der Waals surface area (Å²) in [5, 5.41) is 7.68. The average molecular weight is 401 g/mol. The van der Waals surface area contributed by atoms with Gasteiger partial charge in [-0.1, -0.05) is 20.3 Å². The molecule has 28 heavy (non-hydrogen) atoms. The van der Waals surface area contributed by atoms with Crippen molar-refractivity contribution < 1.29 is 23.9 Å². The molecule has 0 aliphatic carbocycles. The molecule has 0 bridgehead atoms. The van der Waals surface area contributed by atoms with Crippen molar-refractivity contribution in [3.05, 3.63) is 0 Å². The summed E-state index contributed by atoms with van der Waals surface area (Å²) in [6, 6.07) is -0.318. The number of nitrogens with zero attached hydrogens (tertiary/aromatic N) is 1. The predicted octanol–water partition coefficient (Wildman–Crippen LogP) is -0.101. The van der Waals surface area contributed by atoms with Crippen molar-refractivity contribution >= 4 is 24.1 Å². The van der Waals surface area contributed by atoms with Crippen molar-refractivity contribution in [1.29, 1.82) is 0 Å². The molecule has 0 aromatic heterocycles. The monoisotopic (exact) mass is 400 g/mol. The highest BCUT2D eigenvalue weighted by Gasteiger charge is 2.34. The molecular weight excluding hydrogens is 364 g/mol. The molecule has 9 nitrogen and oxygen atoms in total. The van der Waals surface area contributed by atoms with E-state index >= 15 is 0 Å². The number of carbonyl (C=O) groups excluding carboxylic acids is 4. The molecule has 0 radical (unpaired) electrons. The summed E-state index contributed by atoms with van der Waals surface area (Å²) in [5.74, 6) is -0.694. The van der Waals surface area contributed by atoms with Gasteiger partial charge in [0.15, 0.2) is 0 Å². The number of methoxy groups -OCH3 is 1. The number of carbonyl (C=O) groups is 4. The van der Waals surface area contributed by atoms with Gasteiger partial charge in [-0.05, 0) is 19.8 Å². The lowest BCUT2D eigenvalue weighted by atomic mass is 9.90. The molecule has 4 amide bonds. The summed E-state index contributed by atoms with van der Waals surface area (Å²) in [6.45, 7) is 7.35. The Hall–Kier alpha value is -2.16. The highest BCUT2D eigenvalue weighted by Crippen LogP contribution is 2.21. The van der Waals surface area contributed by atoms with E-state index in [1.165, 1.54) is 7.11 Å². The third-order valence-electron chi connectivity index (χ3n) is 5.06. The first-order valence-corrected chi connectivity index (χ1v) is 9.50. The van der Waals surface area contributed by atoms with Crippen LogP contribution in [0.1, 0.15) is 40.5 Å². The van der Waals surface area contributed by atoms with Crippen LogP contribution in [0.4, 0.5) is 0 Å². The number of rotatable bonds is 13. The Morgan fingerprint density at radius 1 is 1.25 bits per heavy atom. The number of amides is 4. The van der Waals surface area contributed by atoms with Gasteiger partial charge in [0, 0.05) is 27.7 Å². The van der Waals surface area contributed by atoms with Crippen LogP contribution in [-0.2, 0) is 23.9 Å². The van der Waals surface area contributed by atoms with Crippen molar-refractivity contribution in [2.24, 2.45) is 11.3 Å². The van der Waals surface area contributed by atoms with Crippen LogP contribution in [0.5, 0.6) is 0 Å². The van der Waals surface area contributed by atoms with Crippen molar-refractivity contribution in [2.45, 2.75) is 52.7 Å². The summed E-state index contributed by atoms with van der Waals surface area (Å²) < 4.78 is 5.52. The van der Waals surface area contributed by atoms with Crippen LogP contribution in [0.3, 0.4) is 0 Å². The molecule has 0 aromatic carbocycles. The molecule has 0 rings (SSSR count). The molecule has 0 spiro atoms. The molecule has 9 heteroatoms. The third kappa shape index (κ3) is 7.84. The van der Waals surface area contributed by atoms with E-state index in [-0.39, 0.29) is 49.2 Å². The molecule has 162 valence electrons. The fourth-order valence-electron chi connectivity index (χ4n) is 2.93. The molecule has 3 unspecified atom stereocenters. The zero-order valence-corrected chi connectivity index (χ0v) is 18.1. The van der Waals surface area contributed by atoms with Gasteiger partial charge in [-0.15, -0.1) is 0 Å². The van der Waals surface area contributed by atoms with E-state index in [0.717, 1.165) is 6.42 Å². The Labute approximate surface area is 167 Å². The zero-order valence-electron chi connectivity index (χ0n) is 18.1. The second kappa shape index (κ2) is 12.3. The molecule has 0 fully saturated rings. The molecule has 0 aliphatic heterocycles. The second-order valence-corrected chi connectivity index (χ2v) is 7.60. The fourth-order valence-corrected chi connectivity index (χ4v) is 2.93. The highest BCUT2D eigenvalue weighted by molar-refractivity contribution is 5.88. The van der Waals surface area contributed by atoms with Gasteiger partial charge in [0.25, 0.3) is 0 Å². The van der Waals surface area contributed by atoms with Gasteiger partial charge < -0.3 is 25.6 Å². The Balaban J connectivity index is 5.14. The second-order valence-electron chi connectivity index (χ2n) is 7.60. The first kappa shape index (κ1) is 25.8. The molecule has 0 saturated heterocycles. The van der Waals surface area contributed by atoms with Crippen LogP contribution in [0.25, 0.3) is 0 Å². The molecule has 0 aliphatic rings. The van der Waals surface area contributed by atoms with Crippen molar-refractivity contribution in [1.82, 2.24) is 20.9 Å². The van der Waals surface area contributed by atoms with Gasteiger partial charge in [-0.3, -0.25) is 19.2 Å². The number of nitrogens with one attached hydrogen (secondary N) is 3. The Morgan fingerprint density at radius 3 is 2.32 bits per heavy atom. The van der Waals surface area contributed by atoms with Gasteiger partial charge in [-0.2, -0.15) is 0 Å². The quantitative estimate of drug-likeness (QED) is 0.373. The SMILES string of the molecule is CCC(C)C(C(CC(=O)NC)OC)N(C)C(=O)CNC(=O)C(C)(C)CNC=O. The van der Waals surface area contributed by atoms with Crippen molar-refractivity contribution in [3.63, 3.8) is 0 Å². The normalized spacial score (nSPS) is 14.4. The Morgan fingerprint density at radius 2 is 1.86 bits per heavy atom. The van der Waals surface area contributed by atoms with Gasteiger partial charge in [0.05, 0.1) is 30.5 Å². The van der Waals surface area contributed by atoms with Gasteiger partial charge >= 0.3 is 0 Å². The van der Waals surface area contributed by atoms with E-state index in [0.29, 0.717) is 6.41 Å². The highest BCUT2D eigenvalue weighted by atomic mass is 16.5. The topological polar surface area (TPSA) is 117 Å². The predicted molar refractivity (Wildman–Crippen MR) is 106 cm³/mol. The largest absolute Gasteiger partial charge is 0.379 e. The lowest BCUT2D eigenvalue weighted by Crippen LogP contribution is -2.53. The van der Waals surface area contributed by atoms with E-state index in [1.807, 2.05) is 13.8 Å². The Kier molecular flexibility index (Phi) is 11.4. The average Bonchev–Trinajstić information content (AvgIpc) is 2.68. The molecule has 3 atom stereocenters. The summed E-state index contributed by atoms with van der Waals surface area (Å²) in [7, 11) is 4.73. The first-order chi connectivity index (χ1) is 13.0. The van der Waals surface area contributed by atoms with E-state index in [9.17, 15) is 19.2 Å². The minimum Gasteiger partial charge on any atom is -0.379 e. The summed E-state index contributed by atoms with van der Waals surface area (Å²) >= 11 is 0. The van der Waals surface area contributed by atoms with Crippen LogP contribution in [0.15, 0.2) is 0 Å². The minimum absolute atomic E-state index is 0.0903. The van der Waals surface area contributed by atoms with Crippen LogP contribution < -0.4 is 16.0 Å². The number of likely N-dealkylation sites (N-methyl/N-ethyl adjacent to an activating group) is 1. The van der Waals surface area contributed by atoms with Crippen molar-refractivity contribution in [2.75, 3.05) is 34.3 Å². The third-order valence-corrected chi connectivity index (χ3v) is 5.06. The van der Waals surface area contributed by atoms with Crippen LogP contribution in [0, 0.1) is 11.3 Å². The molecular formula is C19H36N4O5. The molecule has 0 saturated carbocycles. The lowest BCUT2D eigenvalue weighted by Gasteiger charge is -2.37. The van der Waals surface area contributed by atoms with Gasteiger partial charge in [0.2, 0.25) is 24.1 Å². The molecule has 0 aromatic rings. The summed E-state index contributed by atoms with van der Waals surface area (Å²) in [5.41, 5.74) is -0.843. The van der Waals surface area contributed by atoms with Crippen molar-refractivity contribution in [3.8, 4) is 0 Å². The maximum Gasteiger partial charge on any atom is 0.242 e. The number of hydrogen-bond donors (Lipinski definition) is 3. The van der Waals surface area contributed by atoms with E-state index in [1.54, 1.807) is 32.8 Å². The number of hydrogen-bond acceptors (Lipinski definition) is 5. The van der Waals surface area contributed by atoms with Crippen LogP contribution in [0.2, 0.25) is 0 Å². The van der Waals surface area contributed by atoms with E-state index in [2.05, 4.69) is 16.0 Å². The van der Waals surface area contributed by atoms with E-state index < -0.39 is 11.5 Å². The minimum atomic E-state index is -0.843.